The van der Waals surface area contributed by atoms with E-state index >= 15 is 0 Å². The molecule has 4 nitrogen and oxygen atoms in total. The first-order valence-electron chi connectivity index (χ1n) is 10.7. The van der Waals surface area contributed by atoms with Crippen molar-refractivity contribution in [1.82, 2.24) is 10.2 Å². The Bertz CT molecular complexity index is 1090. The molecule has 0 bridgehead atoms. The molecular weight excluding hydrogens is 523 g/mol. The van der Waals surface area contributed by atoms with Gasteiger partial charge in [0.15, 0.2) is 0 Å². The predicted octanol–water partition coefficient (Wildman–Crippen LogP) is 6.07. The molecule has 0 unspecified atom stereocenters. The molecule has 3 aromatic carbocycles. The molecule has 1 atom stereocenters. The van der Waals surface area contributed by atoms with Gasteiger partial charge in [0.05, 0.1) is 6.42 Å². The molecular formula is C26H25BrCl2N2O2. The lowest BCUT2D eigenvalue weighted by molar-refractivity contribution is -0.140. The van der Waals surface area contributed by atoms with Crippen molar-refractivity contribution in [3.63, 3.8) is 0 Å². The van der Waals surface area contributed by atoms with Gasteiger partial charge in [-0.05, 0) is 47.9 Å². The van der Waals surface area contributed by atoms with Crippen LogP contribution in [0.3, 0.4) is 0 Å². The molecule has 0 aliphatic carbocycles. The lowest BCUT2D eigenvalue weighted by Gasteiger charge is -2.32. The van der Waals surface area contributed by atoms with Crippen molar-refractivity contribution in [3.8, 4) is 0 Å². The van der Waals surface area contributed by atoms with Crippen LogP contribution in [0, 0.1) is 0 Å². The number of hydrogen-bond acceptors (Lipinski definition) is 2. The smallest absolute Gasteiger partial charge is 0.243 e. The second-order valence-electron chi connectivity index (χ2n) is 7.63. The fourth-order valence-electron chi connectivity index (χ4n) is 3.63. The third kappa shape index (κ3) is 7.07. The largest absolute Gasteiger partial charge is 0.355 e. The molecule has 0 saturated carbocycles. The highest BCUT2D eigenvalue weighted by Gasteiger charge is 2.30. The number of nitrogens with zero attached hydrogens (tertiary/aromatic N) is 1. The summed E-state index contributed by atoms with van der Waals surface area (Å²) in [6.07, 6.45) is 0.389. The van der Waals surface area contributed by atoms with Crippen LogP contribution in [0.4, 0.5) is 0 Å². The third-order valence-corrected chi connectivity index (χ3v) is 6.46. The van der Waals surface area contributed by atoms with Gasteiger partial charge in [0.25, 0.3) is 0 Å². The number of rotatable bonds is 9. The topological polar surface area (TPSA) is 49.4 Å². The summed E-state index contributed by atoms with van der Waals surface area (Å²) in [5, 5.41) is 3.74. The van der Waals surface area contributed by atoms with Crippen LogP contribution in [-0.2, 0) is 29.0 Å². The number of hydrogen-bond donors (Lipinski definition) is 1. The first kappa shape index (κ1) is 25.3. The van der Waals surface area contributed by atoms with Gasteiger partial charge in [-0.25, -0.2) is 0 Å². The molecule has 0 spiro atoms. The number of carbonyl (C=O) groups excluding carboxylic acids is 2. The van der Waals surface area contributed by atoms with Crippen molar-refractivity contribution in [2.24, 2.45) is 0 Å². The SMILES string of the molecule is CCNC(=O)[C@H](Cc1ccccc1)N(Cc1cccc(Br)c1)C(=O)Cc1c(Cl)cccc1Cl. The van der Waals surface area contributed by atoms with E-state index in [0.29, 0.717) is 28.6 Å². The third-order valence-electron chi connectivity index (χ3n) is 5.25. The molecule has 0 saturated heterocycles. The molecule has 33 heavy (non-hydrogen) atoms. The zero-order chi connectivity index (χ0) is 23.8. The van der Waals surface area contributed by atoms with E-state index in [1.807, 2.05) is 61.5 Å². The highest BCUT2D eigenvalue weighted by molar-refractivity contribution is 9.10. The van der Waals surface area contributed by atoms with Crippen LogP contribution in [0.1, 0.15) is 23.6 Å². The highest BCUT2D eigenvalue weighted by atomic mass is 79.9. The Morgan fingerprint density at radius 3 is 2.21 bits per heavy atom. The maximum atomic E-state index is 13.7. The van der Waals surface area contributed by atoms with E-state index in [-0.39, 0.29) is 24.8 Å². The van der Waals surface area contributed by atoms with Crippen molar-refractivity contribution < 1.29 is 9.59 Å². The summed E-state index contributed by atoms with van der Waals surface area (Å²) in [5.74, 6) is -0.424. The van der Waals surface area contributed by atoms with Crippen molar-refractivity contribution in [2.75, 3.05) is 6.54 Å². The summed E-state index contributed by atoms with van der Waals surface area (Å²) >= 11 is 16.2. The van der Waals surface area contributed by atoms with Crippen LogP contribution in [0.15, 0.2) is 77.3 Å². The molecule has 3 rings (SSSR count). The monoisotopic (exact) mass is 546 g/mol. The number of amides is 2. The van der Waals surface area contributed by atoms with Gasteiger partial charge in [-0.1, -0.05) is 87.7 Å². The minimum atomic E-state index is -0.694. The van der Waals surface area contributed by atoms with Crippen LogP contribution >= 0.6 is 39.1 Å². The Morgan fingerprint density at radius 1 is 0.939 bits per heavy atom. The lowest BCUT2D eigenvalue weighted by Crippen LogP contribution is -2.51. The normalized spacial score (nSPS) is 11.6. The number of benzene rings is 3. The molecule has 0 heterocycles. The quantitative estimate of drug-likeness (QED) is 0.353. The highest BCUT2D eigenvalue weighted by Crippen LogP contribution is 2.26. The zero-order valence-electron chi connectivity index (χ0n) is 18.2. The van der Waals surface area contributed by atoms with E-state index in [1.54, 1.807) is 23.1 Å². The Morgan fingerprint density at radius 2 is 1.58 bits per heavy atom. The molecule has 2 amide bonds. The van der Waals surface area contributed by atoms with Crippen molar-refractivity contribution in [2.45, 2.75) is 32.4 Å². The molecule has 0 aromatic heterocycles. The summed E-state index contributed by atoms with van der Waals surface area (Å²) in [7, 11) is 0. The van der Waals surface area contributed by atoms with E-state index < -0.39 is 6.04 Å². The van der Waals surface area contributed by atoms with Gasteiger partial charge < -0.3 is 10.2 Å². The first-order valence-corrected chi connectivity index (χ1v) is 12.2. The maximum Gasteiger partial charge on any atom is 0.243 e. The molecule has 0 aliphatic heterocycles. The average molecular weight is 548 g/mol. The van der Waals surface area contributed by atoms with E-state index in [4.69, 9.17) is 23.2 Å². The van der Waals surface area contributed by atoms with E-state index in [9.17, 15) is 9.59 Å². The van der Waals surface area contributed by atoms with Crippen molar-refractivity contribution >= 4 is 50.9 Å². The second kappa shape index (κ2) is 12.2. The molecule has 172 valence electrons. The van der Waals surface area contributed by atoms with Crippen LogP contribution in [0.2, 0.25) is 10.0 Å². The zero-order valence-corrected chi connectivity index (χ0v) is 21.3. The molecule has 0 fully saturated rings. The first-order chi connectivity index (χ1) is 15.9. The summed E-state index contributed by atoms with van der Waals surface area (Å²) in [6, 6.07) is 21.9. The van der Waals surface area contributed by atoms with Crippen molar-refractivity contribution in [3.05, 3.63) is 104 Å². The average Bonchev–Trinajstić information content (AvgIpc) is 2.79. The van der Waals surface area contributed by atoms with Gasteiger partial charge in [0.2, 0.25) is 11.8 Å². The van der Waals surface area contributed by atoms with E-state index in [0.717, 1.165) is 15.6 Å². The molecule has 7 heteroatoms. The fraction of sp³-hybridized carbons (Fsp3) is 0.231. The van der Waals surface area contributed by atoms with Gasteiger partial charge in [0, 0.05) is 34.0 Å². The summed E-state index contributed by atoms with van der Waals surface area (Å²) in [4.78, 5) is 28.5. The maximum absolute atomic E-state index is 13.7. The Balaban J connectivity index is 1.99. The lowest BCUT2D eigenvalue weighted by atomic mass is 10.0. The van der Waals surface area contributed by atoms with E-state index in [2.05, 4.69) is 21.2 Å². The van der Waals surface area contributed by atoms with Crippen LogP contribution in [-0.4, -0.2) is 29.3 Å². The molecule has 1 N–H and O–H groups in total. The summed E-state index contributed by atoms with van der Waals surface area (Å²) in [6.45, 7) is 2.61. The number of carbonyl (C=O) groups is 2. The van der Waals surface area contributed by atoms with Gasteiger partial charge in [-0.2, -0.15) is 0 Å². The van der Waals surface area contributed by atoms with Gasteiger partial charge in [0.1, 0.15) is 6.04 Å². The van der Waals surface area contributed by atoms with Crippen LogP contribution in [0.5, 0.6) is 0 Å². The number of nitrogens with one attached hydrogen (secondary N) is 1. The molecule has 0 radical (unpaired) electrons. The fourth-order valence-corrected chi connectivity index (χ4v) is 4.61. The Labute approximate surface area is 213 Å². The summed E-state index contributed by atoms with van der Waals surface area (Å²) < 4.78 is 0.902. The molecule has 3 aromatic rings. The Hall–Kier alpha value is -2.34. The molecule has 0 aliphatic rings. The second-order valence-corrected chi connectivity index (χ2v) is 9.36. The van der Waals surface area contributed by atoms with Gasteiger partial charge >= 0.3 is 0 Å². The Kier molecular flexibility index (Phi) is 9.36. The minimum Gasteiger partial charge on any atom is -0.355 e. The standard InChI is InChI=1S/C26H25BrCl2N2O2/c1-2-30-26(33)24(15-18-8-4-3-5-9-18)31(17-19-10-6-11-20(27)14-19)25(32)16-21-22(28)12-7-13-23(21)29/h3-14,24H,2,15-17H2,1H3,(H,30,33)/t24-/m0/s1. The van der Waals surface area contributed by atoms with E-state index in [1.165, 1.54) is 0 Å². The van der Waals surface area contributed by atoms with Crippen molar-refractivity contribution in [1.29, 1.82) is 0 Å². The number of likely N-dealkylation sites (N-methyl/N-ethyl adjacent to an activating group) is 1. The van der Waals surface area contributed by atoms with Gasteiger partial charge in [-0.3, -0.25) is 9.59 Å². The van der Waals surface area contributed by atoms with Crippen LogP contribution in [0.25, 0.3) is 0 Å². The minimum absolute atomic E-state index is 0.00277. The predicted molar refractivity (Wildman–Crippen MR) is 137 cm³/mol. The summed E-state index contributed by atoms with van der Waals surface area (Å²) in [5.41, 5.74) is 2.43. The van der Waals surface area contributed by atoms with Gasteiger partial charge in [-0.15, -0.1) is 0 Å². The van der Waals surface area contributed by atoms with Crippen LogP contribution < -0.4 is 5.32 Å². The number of halogens is 3.